The standard InChI is InChI=1S/C23H23ClN4O5S2/c1-3-15(16-11-35-23(25)26-16)19(29)27-17-20(30)28-18(13(8-24)10-34-21(17)28)22(31)33-9-12-4-6-14(32-2)7-5-12/h3-7,11,17,21H,8-10H2,1-2H3,(H2,25,26)(H,27,29)/b15-3-/t17-,21-/m1/s1. The number of allylic oxidation sites excluding steroid dienone is 1. The molecule has 9 nitrogen and oxygen atoms in total. The van der Waals surface area contributed by atoms with Gasteiger partial charge in [0.15, 0.2) is 5.13 Å². The van der Waals surface area contributed by atoms with Gasteiger partial charge in [-0.3, -0.25) is 14.5 Å². The van der Waals surface area contributed by atoms with E-state index in [1.807, 2.05) is 0 Å². The average Bonchev–Trinajstić information content (AvgIpc) is 3.31. The maximum Gasteiger partial charge on any atom is 0.355 e. The number of ether oxygens (including phenoxy) is 2. The number of fused-ring (bicyclic) bond motifs is 1. The molecule has 3 heterocycles. The number of benzene rings is 1. The average molecular weight is 535 g/mol. The molecule has 0 bridgehead atoms. The first-order valence-electron chi connectivity index (χ1n) is 10.6. The van der Waals surface area contributed by atoms with Crippen molar-refractivity contribution in [1.29, 1.82) is 0 Å². The molecule has 0 aliphatic carbocycles. The van der Waals surface area contributed by atoms with Crippen molar-refractivity contribution in [2.24, 2.45) is 0 Å². The van der Waals surface area contributed by atoms with Crippen LogP contribution in [0, 0.1) is 0 Å². The predicted octanol–water partition coefficient (Wildman–Crippen LogP) is 2.77. The third kappa shape index (κ3) is 5.02. The summed E-state index contributed by atoms with van der Waals surface area (Å²) in [5.74, 6) is -0.252. The van der Waals surface area contributed by atoms with Gasteiger partial charge in [0, 0.05) is 17.0 Å². The van der Waals surface area contributed by atoms with E-state index < -0.39 is 29.2 Å². The minimum atomic E-state index is -0.792. The van der Waals surface area contributed by atoms with Crippen LogP contribution in [0.15, 0.2) is 47.0 Å². The molecule has 1 aromatic heterocycles. The molecule has 1 fully saturated rings. The summed E-state index contributed by atoms with van der Waals surface area (Å²) in [6.45, 7) is 1.74. The van der Waals surface area contributed by atoms with Gasteiger partial charge in [0.25, 0.3) is 11.8 Å². The van der Waals surface area contributed by atoms with Gasteiger partial charge < -0.3 is 20.5 Å². The fourth-order valence-corrected chi connectivity index (χ4v) is 5.98. The Labute approximate surface area is 215 Å². The van der Waals surface area contributed by atoms with Gasteiger partial charge in [-0.05, 0) is 30.2 Å². The van der Waals surface area contributed by atoms with Crippen LogP contribution in [0.5, 0.6) is 5.75 Å². The molecule has 0 saturated carbocycles. The largest absolute Gasteiger partial charge is 0.497 e. The van der Waals surface area contributed by atoms with Crippen molar-refractivity contribution < 1.29 is 23.9 Å². The molecule has 2 aliphatic heterocycles. The predicted molar refractivity (Wildman–Crippen MR) is 136 cm³/mol. The molecule has 1 aromatic carbocycles. The van der Waals surface area contributed by atoms with Crippen LogP contribution in [0.3, 0.4) is 0 Å². The number of β-lactam (4-membered cyclic amide) rings is 1. The van der Waals surface area contributed by atoms with Gasteiger partial charge in [0.1, 0.15) is 29.5 Å². The van der Waals surface area contributed by atoms with Crippen LogP contribution in [-0.2, 0) is 25.7 Å². The Kier molecular flexibility index (Phi) is 7.68. The van der Waals surface area contributed by atoms with Gasteiger partial charge in [-0.1, -0.05) is 18.2 Å². The lowest BCUT2D eigenvalue weighted by molar-refractivity contribution is -0.153. The number of aromatic nitrogens is 1. The van der Waals surface area contributed by atoms with E-state index in [1.54, 1.807) is 49.8 Å². The summed E-state index contributed by atoms with van der Waals surface area (Å²) in [6, 6.07) is 6.32. The quantitative estimate of drug-likeness (QED) is 0.229. The van der Waals surface area contributed by atoms with Crippen molar-refractivity contribution in [3.05, 3.63) is 58.2 Å². The minimum Gasteiger partial charge on any atom is -0.497 e. The number of esters is 1. The van der Waals surface area contributed by atoms with E-state index in [-0.39, 0.29) is 18.2 Å². The van der Waals surface area contributed by atoms with Crippen LogP contribution in [-0.4, -0.2) is 57.8 Å². The number of halogens is 1. The molecular weight excluding hydrogens is 512 g/mol. The number of carbonyl (C=O) groups is 3. The number of amides is 2. The van der Waals surface area contributed by atoms with Gasteiger partial charge in [-0.2, -0.15) is 0 Å². The van der Waals surface area contributed by atoms with Crippen molar-refractivity contribution in [1.82, 2.24) is 15.2 Å². The Balaban J connectivity index is 1.45. The highest BCUT2D eigenvalue weighted by molar-refractivity contribution is 8.00. The zero-order valence-electron chi connectivity index (χ0n) is 18.9. The van der Waals surface area contributed by atoms with Crippen molar-refractivity contribution in [2.45, 2.75) is 24.9 Å². The van der Waals surface area contributed by atoms with Crippen LogP contribution in [0.25, 0.3) is 5.57 Å². The molecule has 2 aliphatic rings. The lowest BCUT2D eigenvalue weighted by Gasteiger charge is -2.49. The van der Waals surface area contributed by atoms with Gasteiger partial charge in [0.05, 0.1) is 18.4 Å². The van der Waals surface area contributed by atoms with E-state index in [9.17, 15) is 14.4 Å². The van der Waals surface area contributed by atoms with Crippen molar-refractivity contribution in [2.75, 3.05) is 24.5 Å². The summed E-state index contributed by atoms with van der Waals surface area (Å²) >= 11 is 8.74. The number of rotatable bonds is 8. The molecule has 2 aromatic rings. The molecule has 0 spiro atoms. The topological polar surface area (TPSA) is 124 Å². The van der Waals surface area contributed by atoms with Crippen LogP contribution >= 0.6 is 34.7 Å². The van der Waals surface area contributed by atoms with Crippen molar-refractivity contribution in [3.8, 4) is 5.75 Å². The normalized spacial score (nSPS) is 19.7. The summed E-state index contributed by atoms with van der Waals surface area (Å²) in [5.41, 5.74) is 7.97. The van der Waals surface area contributed by atoms with E-state index in [4.69, 9.17) is 26.8 Å². The Hall–Kier alpha value is -3.02. The maximum absolute atomic E-state index is 13.1. The number of nitrogens with zero attached hydrogens (tertiary/aromatic N) is 2. The van der Waals surface area contributed by atoms with Crippen LogP contribution in [0.4, 0.5) is 5.13 Å². The molecule has 1 saturated heterocycles. The maximum atomic E-state index is 13.1. The van der Waals surface area contributed by atoms with Crippen molar-refractivity contribution >= 4 is 63.2 Å². The number of nitrogen functional groups attached to an aromatic ring is 1. The van der Waals surface area contributed by atoms with E-state index in [2.05, 4.69) is 10.3 Å². The highest BCUT2D eigenvalue weighted by atomic mass is 35.5. The molecule has 2 atom stereocenters. The fourth-order valence-electron chi connectivity index (χ4n) is 3.74. The number of thioether (sulfide) groups is 1. The van der Waals surface area contributed by atoms with Crippen LogP contribution < -0.4 is 15.8 Å². The molecule has 35 heavy (non-hydrogen) atoms. The molecule has 3 N–H and O–H groups in total. The summed E-state index contributed by atoms with van der Waals surface area (Å²) in [4.78, 5) is 44.4. The lowest BCUT2D eigenvalue weighted by Crippen LogP contribution is -2.70. The Morgan fingerprint density at radius 2 is 2.09 bits per heavy atom. The SMILES string of the molecule is C/C=C(\C(=O)N[C@@H]1C(=O)N2C(C(=O)OCc3ccc(OC)cc3)=C(CCl)CS[C@H]12)c1csc(N)n1. The first-order chi connectivity index (χ1) is 16.9. The fraction of sp³-hybridized carbons (Fsp3) is 0.304. The van der Waals surface area contributed by atoms with E-state index in [0.717, 1.165) is 5.56 Å². The van der Waals surface area contributed by atoms with E-state index in [1.165, 1.54) is 28.0 Å². The highest BCUT2D eigenvalue weighted by Crippen LogP contribution is 2.41. The van der Waals surface area contributed by atoms with Crippen LogP contribution in [0.1, 0.15) is 18.2 Å². The number of carbonyl (C=O) groups excluding carboxylic acids is 3. The molecule has 12 heteroatoms. The molecule has 0 unspecified atom stereocenters. The Bertz CT molecular complexity index is 1210. The molecular formula is C23H23ClN4O5S2. The minimum absolute atomic E-state index is 0.0311. The smallest absolute Gasteiger partial charge is 0.355 e. The second-order valence-electron chi connectivity index (χ2n) is 7.64. The van der Waals surface area contributed by atoms with Crippen molar-refractivity contribution in [3.63, 3.8) is 0 Å². The van der Waals surface area contributed by atoms with Gasteiger partial charge in [0.2, 0.25) is 0 Å². The third-order valence-electron chi connectivity index (χ3n) is 5.55. The number of nitrogens with one attached hydrogen (secondary N) is 1. The number of nitrogens with two attached hydrogens (primary N) is 1. The van der Waals surface area contributed by atoms with Gasteiger partial charge >= 0.3 is 5.97 Å². The number of alkyl halides is 1. The highest BCUT2D eigenvalue weighted by Gasteiger charge is 2.54. The number of thiazole rings is 1. The van der Waals surface area contributed by atoms with Crippen LogP contribution in [0.2, 0.25) is 0 Å². The molecule has 4 rings (SSSR count). The lowest BCUT2D eigenvalue weighted by atomic mass is 10.0. The summed E-state index contributed by atoms with van der Waals surface area (Å²) in [7, 11) is 1.57. The monoisotopic (exact) mass is 534 g/mol. The second-order valence-corrected chi connectivity index (χ2v) is 9.91. The Morgan fingerprint density at radius 1 is 1.34 bits per heavy atom. The number of methoxy groups -OCH3 is 1. The number of hydrogen-bond donors (Lipinski definition) is 2. The number of anilines is 1. The first-order valence-corrected chi connectivity index (χ1v) is 13.1. The molecule has 184 valence electrons. The summed E-state index contributed by atoms with van der Waals surface area (Å²) in [5, 5.41) is 4.35. The number of hydrogen-bond acceptors (Lipinski definition) is 9. The molecule has 0 radical (unpaired) electrons. The Morgan fingerprint density at radius 3 is 2.69 bits per heavy atom. The van der Waals surface area contributed by atoms with Gasteiger partial charge in [-0.15, -0.1) is 34.7 Å². The van der Waals surface area contributed by atoms with Gasteiger partial charge in [-0.25, -0.2) is 9.78 Å². The zero-order chi connectivity index (χ0) is 25.1. The zero-order valence-corrected chi connectivity index (χ0v) is 21.3. The third-order valence-corrected chi connectivity index (χ3v) is 7.88. The first kappa shape index (κ1) is 25.1. The van der Waals surface area contributed by atoms with E-state index >= 15 is 0 Å². The summed E-state index contributed by atoms with van der Waals surface area (Å²) in [6.07, 6.45) is 1.62. The second kappa shape index (κ2) is 10.7. The van der Waals surface area contributed by atoms with E-state index in [0.29, 0.717) is 33.5 Å². The summed E-state index contributed by atoms with van der Waals surface area (Å²) < 4.78 is 10.6. The molecule has 2 amide bonds.